The second-order valence-electron chi connectivity index (χ2n) is 6.66. The first-order valence-electron chi connectivity index (χ1n) is 8.48. The van der Waals surface area contributed by atoms with Gasteiger partial charge in [0, 0.05) is 17.3 Å². The van der Waals surface area contributed by atoms with Gasteiger partial charge in [-0.2, -0.15) is 0 Å². The van der Waals surface area contributed by atoms with E-state index in [1.807, 2.05) is 70.2 Å². The predicted molar refractivity (Wildman–Crippen MR) is 105 cm³/mol. The van der Waals surface area contributed by atoms with Crippen LogP contribution in [0.2, 0.25) is 0 Å². The van der Waals surface area contributed by atoms with E-state index >= 15 is 0 Å². The van der Waals surface area contributed by atoms with Gasteiger partial charge in [-0.1, -0.05) is 37.3 Å². The van der Waals surface area contributed by atoms with E-state index in [1.165, 1.54) is 0 Å². The van der Waals surface area contributed by atoms with Crippen LogP contribution in [0, 0.1) is 0 Å². The lowest BCUT2D eigenvalue weighted by Gasteiger charge is -2.25. The minimum Gasteiger partial charge on any atom is -0.322 e. The fourth-order valence-corrected chi connectivity index (χ4v) is 3.21. The number of para-hydroxylation sites is 1. The highest BCUT2D eigenvalue weighted by Gasteiger charge is 2.25. The molecule has 25 heavy (non-hydrogen) atoms. The Morgan fingerprint density at radius 1 is 1.08 bits per heavy atom. The van der Waals surface area contributed by atoms with E-state index in [0.717, 1.165) is 17.7 Å². The number of carbonyl (C=O) groups excluding carboxylic acids is 1. The van der Waals surface area contributed by atoms with Crippen LogP contribution in [0.25, 0.3) is 0 Å². The SMILES string of the molecule is CCC(C)(C)S(=O)NC(C)c1ccc(C(=O)Nc2ccccc2)cc1. The number of hydrogen-bond donors (Lipinski definition) is 2. The lowest BCUT2D eigenvalue weighted by molar-refractivity contribution is 0.102. The molecule has 4 nitrogen and oxygen atoms in total. The molecule has 0 fully saturated rings. The van der Waals surface area contributed by atoms with Gasteiger partial charge >= 0.3 is 0 Å². The zero-order valence-electron chi connectivity index (χ0n) is 15.2. The van der Waals surface area contributed by atoms with E-state index in [9.17, 15) is 9.00 Å². The van der Waals surface area contributed by atoms with E-state index in [2.05, 4.69) is 10.0 Å². The minimum atomic E-state index is -1.13. The number of hydrogen-bond acceptors (Lipinski definition) is 2. The van der Waals surface area contributed by atoms with Crippen molar-refractivity contribution in [1.29, 1.82) is 0 Å². The summed E-state index contributed by atoms with van der Waals surface area (Å²) in [7, 11) is -1.13. The quantitative estimate of drug-likeness (QED) is 0.768. The van der Waals surface area contributed by atoms with Crippen molar-refractivity contribution in [2.45, 2.75) is 44.9 Å². The number of benzene rings is 2. The fraction of sp³-hybridized carbons (Fsp3) is 0.350. The van der Waals surface area contributed by atoms with Gasteiger partial charge in [0.2, 0.25) is 0 Å². The Morgan fingerprint density at radius 3 is 2.24 bits per heavy atom. The van der Waals surface area contributed by atoms with Gasteiger partial charge in [-0.15, -0.1) is 0 Å². The lowest BCUT2D eigenvalue weighted by Crippen LogP contribution is -2.36. The average Bonchev–Trinajstić information content (AvgIpc) is 2.62. The number of amides is 1. The summed E-state index contributed by atoms with van der Waals surface area (Å²) in [5.41, 5.74) is 2.36. The molecule has 0 heterocycles. The third-order valence-electron chi connectivity index (χ3n) is 4.34. The molecule has 0 aromatic heterocycles. The molecule has 0 saturated carbocycles. The normalized spacial score (nSPS) is 13.9. The van der Waals surface area contributed by atoms with E-state index < -0.39 is 11.0 Å². The van der Waals surface area contributed by atoms with Gasteiger partial charge in [0.05, 0.1) is 15.7 Å². The highest BCUT2D eigenvalue weighted by Crippen LogP contribution is 2.20. The second kappa shape index (κ2) is 8.41. The van der Waals surface area contributed by atoms with Crippen molar-refractivity contribution < 1.29 is 9.00 Å². The Kier molecular flexibility index (Phi) is 6.51. The average molecular weight is 359 g/mol. The molecule has 0 aliphatic heterocycles. The first kappa shape index (κ1) is 19.3. The Bertz CT molecular complexity index is 727. The number of carbonyl (C=O) groups is 1. The highest BCUT2D eigenvalue weighted by molar-refractivity contribution is 7.84. The first-order valence-corrected chi connectivity index (χ1v) is 9.63. The predicted octanol–water partition coefficient (Wildman–Crippen LogP) is 4.44. The smallest absolute Gasteiger partial charge is 0.255 e. The molecule has 2 aromatic rings. The maximum absolute atomic E-state index is 12.4. The van der Waals surface area contributed by atoms with Gasteiger partial charge < -0.3 is 5.32 Å². The Morgan fingerprint density at radius 2 is 1.68 bits per heavy atom. The third kappa shape index (κ3) is 5.25. The molecule has 2 rings (SSSR count). The topological polar surface area (TPSA) is 58.2 Å². The number of rotatable bonds is 7. The summed E-state index contributed by atoms with van der Waals surface area (Å²) in [4.78, 5) is 12.3. The van der Waals surface area contributed by atoms with Crippen molar-refractivity contribution in [2.24, 2.45) is 0 Å². The van der Waals surface area contributed by atoms with Crippen LogP contribution >= 0.6 is 0 Å². The van der Waals surface area contributed by atoms with Gasteiger partial charge in [-0.25, -0.2) is 8.93 Å². The molecule has 0 spiro atoms. The van der Waals surface area contributed by atoms with Gasteiger partial charge in [0.1, 0.15) is 0 Å². The zero-order chi connectivity index (χ0) is 18.4. The van der Waals surface area contributed by atoms with E-state index in [4.69, 9.17) is 0 Å². The van der Waals surface area contributed by atoms with Crippen LogP contribution in [-0.2, 0) is 11.0 Å². The minimum absolute atomic E-state index is 0.0575. The molecular formula is C20H26N2O2S. The molecule has 0 saturated heterocycles. The molecule has 2 atom stereocenters. The van der Waals surface area contributed by atoms with Crippen LogP contribution in [-0.4, -0.2) is 14.9 Å². The monoisotopic (exact) mass is 358 g/mol. The van der Waals surface area contributed by atoms with E-state index in [-0.39, 0.29) is 16.7 Å². The van der Waals surface area contributed by atoms with Crippen LogP contribution in [0.5, 0.6) is 0 Å². The Labute approximate surface area is 152 Å². The van der Waals surface area contributed by atoms with Crippen LogP contribution in [0.4, 0.5) is 5.69 Å². The molecule has 5 heteroatoms. The number of anilines is 1. The molecule has 2 aromatic carbocycles. The summed E-state index contributed by atoms with van der Waals surface area (Å²) >= 11 is 0. The van der Waals surface area contributed by atoms with Crippen molar-refractivity contribution in [2.75, 3.05) is 5.32 Å². The molecule has 134 valence electrons. The highest BCUT2D eigenvalue weighted by atomic mass is 32.2. The van der Waals surface area contributed by atoms with E-state index in [1.54, 1.807) is 12.1 Å². The molecule has 2 N–H and O–H groups in total. The first-order chi connectivity index (χ1) is 11.8. The van der Waals surface area contributed by atoms with Crippen molar-refractivity contribution in [3.05, 3.63) is 65.7 Å². The lowest BCUT2D eigenvalue weighted by atomic mass is 10.1. The standard InChI is InChI=1S/C20H26N2O2S/c1-5-20(3,4)25(24)22-15(2)16-11-13-17(14-12-16)19(23)21-18-9-7-6-8-10-18/h6-15,22H,5H2,1-4H3,(H,21,23). The van der Waals surface area contributed by atoms with Crippen LogP contribution in [0.1, 0.15) is 56.1 Å². The fourth-order valence-electron chi connectivity index (χ4n) is 2.17. The summed E-state index contributed by atoms with van der Waals surface area (Å²) in [5, 5.41) is 2.86. The largest absolute Gasteiger partial charge is 0.322 e. The molecule has 0 bridgehead atoms. The number of nitrogens with one attached hydrogen (secondary N) is 2. The van der Waals surface area contributed by atoms with Crippen LogP contribution in [0.15, 0.2) is 54.6 Å². The summed E-state index contributed by atoms with van der Waals surface area (Å²) in [6.45, 7) is 7.98. The van der Waals surface area contributed by atoms with Gasteiger partial charge in [0.15, 0.2) is 0 Å². The molecule has 2 unspecified atom stereocenters. The Hall–Kier alpha value is -1.98. The molecule has 1 amide bonds. The van der Waals surface area contributed by atoms with Crippen LogP contribution < -0.4 is 10.0 Å². The summed E-state index contributed by atoms with van der Waals surface area (Å²) in [6.07, 6.45) is 0.831. The van der Waals surface area contributed by atoms with E-state index in [0.29, 0.717) is 5.56 Å². The molecular weight excluding hydrogens is 332 g/mol. The van der Waals surface area contributed by atoms with Gasteiger partial charge in [-0.3, -0.25) is 4.79 Å². The van der Waals surface area contributed by atoms with Crippen molar-refractivity contribution in [1.82, 2.24) is 4.72 Å². The van der Waals surface area contributed by atoms with Crippen LogP contribution in [0.3, 0.4) is 0 Å². The van der Waals surface area contributed by atoms with Crippen molar-refractivity contribution in [3.8, 4) is 0 Å². The maximum atomic E-state index is 12.4. The summed E-state index contributed by atoms with van der Waals surface area (Å²) in [6, 6.07) is 16.7. The summed E-state index contributed by atoms with van der Waals surface area (Å²) < 4.78 is 15.3. The van der Waals surface area contributed by atoms with Gasteiger partial charge in [-0.05, 0) is 57.0 Å². The third-order valence-corrected chi connectivity index (χ3v) is 6.20. The zero-order valence-corrected chi connectivity index (χ0v) is 16.0. The maximum Gasteiger partial charge on any atom is 0.255 e. The Balaban J connectivity index is 2.01. The molecule has 0 aliphatic rings. The molecule has 0 aliphatic carbocycles. The second-order valence-corrected chi connectivity index (χ2v) is 8.54. The summed E-state index contributed by atoms with van der Waals surface area (Å²) in [5.74, 6) is -0.144. The molecule has 0 radical (unpaired) electrons. The van der Waals surface area contributed by atoms with Crippen molar-refractivity contribution >= 4 is 22.6 Å². The van der Waals surface area contributed by atoms with Crippen molar-refractivity contribution in [3.63, 3.8) is 0 Å². The van der Waals surface area contributed by atoms with Gasteiger partial charge in [0.25, 0.3) is 5.91 Å².